The van der Waals surface area contributed by atoms with Crippen LogP contribution in [0.5, 0.6) is 0 Å². The first-order valence-electron chi connectivity index (χ1n) is 6.39. The van der Waals surface area contributed by atoms with Crippen molar-refractivity contribution in [2.75, 3.05) is 6.54 Å². The number of hydrogen-bond donors (Lipinski definition) is 1. The summed E-state index contributed by atoms with van der Waals surface area (Å²) in [5, 5.41) is 3.03. The van der Waals surface area contributed by atoms with Gasteiger partial charge in [-0.05, 0) is 25.2 Å². The topological polar surface area (TPSA) is 29.1 Å². The van der Waals surface area contributed by atoms with E-state index < -0.39 is 0 Å². The van der Waals surface area contributed by atoms with E-state index in [2.05, 4.69) is 33.0 Å². The quantitative estimate of drug-likeness (QED) is 0.658. The van der Waals surface area contributed by atoms with Crippen LogP contribution in [0.25, 0.3) is 0 Å². The molecule has 1 unspecified atom stereocenters. The molecule has 1 amide bonds. The number of amides is 1. The highest BCUT2D eigenvalue weighted by molar-refractivity contribution is 5.78. The minimum Gasteiger partial charge on any atom is -0.356 e. The molecule has 0 bridgehead atoms. The highest BCUT2D eigenvalue weighted by atomic mass is 16.1. The molecule has 0 saturated heterocycles. The second-order valence-electron chi connectivity index (χ2n) is 4.72. The molecule has 0 aliphatic heterocycles. The number of rotatable bonds is 8. The van der Waals surface area contributed by atoms with Gasteiger partial charge in [-0.15, -0.1) is 0 Å². The van der Waals surface area contributed by atoms with E-state index in [1.165, 1.54) is 6.42 Å². The van der Waals surface area contributed by atoms with Gasteiger partial charge in [0, 0.05) is 12.5 Å². The van der Waals surface area contributed by atoms with Gasteiger partial charge in [0.2, 0.25) is 5.91 Å². The van der Waals surface area contributed by atoms with E-state index in [0.717, 1.165) is 32.2 Å². The smallest absolute Gasteiger partial charge is 0.223 e. The van der Waals surface area contributed by atoms with Gasteiger partial charge in [0.05, 0.1) is 0 Å². The van der Waals surface area contributed by atoms with E-state index in [1.54, 1.807) is 0 Å². The molecule has 15 heavy (non-hydrogen) atoms. The predicted molar refractivity (Wildman–Crippen MR) is 65.8 cm³/mol. The van der Waals surface area contributed by atoms with Crippen molar-refractivity contribution in [3.63, 3.8) is 0 Å². The normalized spacial score (nSPS) is 12.9. The zero-order chi connectivity index (χ0) is 11.7. The van der Waals surface area contributed by atoms with Gasteiger partial charge in [-0.1, -0.05) is 40.5 Å². The van der Waals surface area contributed by atoms with Crippen LogP contribution in [0, 0.1) is 11.8 Å². The van der Waals surface area contributed by atoms with Crippen LogP contribution >= 0.6 is 0 Å². The monoisotopic (exact) mass is 213 g/mol. The lowest BCUT2D eigenvalue weighted by Crippen LogP contribution is -2.31. The Morgan fingerprint density at radius 1 is 1.20 bits per heavy atom. The van der Waals surface area contributed by atoms with E-state index in [1.807, 2.05) is 0 Å². The van der Waals surface area contributed by atoms with E-state index >= 15 is 0 Å². The molecule has 0 fully saturated rings. The van der Waals surface area contributed by atoms with Crippen molar-refractivity contribution in [2.45, 2.75) is 59.8 Å². The van der Waals surface area contributed by atoms with Gasteiger partial charge in [0.1, 0.15) is 0 Å². The summed E-state index contributed by atoms with van der Waals surface area (Å²) in [6, 6.07) is 0. The fourth-order valence-corrected chi connectivity index (χ4v) is 1.60. The molecule has 0 aromatic heterocycles. The predicted octanol–water partition coefficient (Wildman–Crippen LogP) is 3.37. The molecule has 1 atom stereocenters. The lowest BCUT2D eigenvalue weighted by molar-refractivity contribution is -0.125. The zero-order valence-electron chi connectivity index (χ0n) is 10.8. The van der Waals surface area contributed by atoms with Gasteiger partial charge >= 0.3 is 0 Å². The summed E-state index contributed by atoms with van der Waals surface area (Å²) in [5.41, 5.74) is 0. The average molecular weight is 213 g/mol. The lowest BCUT2D eigenvalue weighted by Gasteiger charge is -2.15. The van der Waals surface area contributed by atoms with E-state index in [0.29, 0.717) is 5.92 Å². The maximum Gasteiger partial charge on any atom is 0.223 e. The molecule has 0 radical (unpaired) electrons. The molecule has 0 spiro atoms. The van der Waals surface area contributed by atoms with Gasteiger partial charge in [-0.2, -0.15) is 0 Å². The minimum absolute atomic E-state index is 0.233. The first kappa shape index (κ1) is 14.5. The Kier molecular flexibility index (Phi) is 8.44. The van der Waals surface area contributed by atoms with Crippen molar-refractivity contribution in [3.05, 3.63) is 0 Å². The number of carbonyl (C=O) groups is 1. The molecule has 2 nitrogen and oxygen atoms in total. The molecule has 0 rings (SSSR count). The van der Waals surface area contributed by atoms with Gasteiger partial charge in [0.25, 0.3) is 0 Å². The third-order valence-electron chi connectivity index (χ3n) is 2.79. The molecule has 0 aliphatic rings. The van der Waals surface area contributed by atoms with Gasteiger partial charge < -0.3 is 5.32 Å². The lowest BCUT2D eigenvalue weighted by atomic mass is 9.98. The first-order valence-corrected chi connectivity index (χ1v) is 6.39. The second-order valence-corrected chi connectivity index (χ2v) is 4.72. The standard InChI is InChI=1S/C13H27NO/c1-5-7-8-12(6-2)13(15)14-10-9-11(3)4/h11-12H,5-10H2,1-4H3,(H,14,15). The summed E-state index contributed by atoms with van der Waals surface area (Å²) in [7, 11) is 0. The Bertz CT molecular complexity index is 166. The zero-order valence-corrected chi connectivity index (χ0v) is 10.8. The molecule has 0 aromatic rings. The molecule has 1 N–H and O–H groups in total. The largest absolute Gasteiger partial charge is 0.356 e. The van der Waals surface area contributed by atoms with Crippen molar-refractivity contribution in [2.24, 2.45) is 11.8 Å². The maximum atomic E-state index is 11.8. The molecule has 0 aromatic carbocycles. The second kappa shape index (κ2) is 8.75. The van der Waals surface area contributed by atoms with Crippen molar-refractivity contribution >= 4 is 5.91 Å². The summed E-state index contributed by atoms with van der Waals surface area (Å²) in [4.78, 5) is 11.8. The van der Waals surface area contributed by atoms with E-state index in [-0.39, 0.29) is 11.8 Å². The van der Waals surface area contributed by atoms with Crippen LogP contribution in [0.2, 0.25) is 0 Å². The Morgan fingerprint density at radius 3 is 2.33 bits per heavy atom. The van der Waals surface area contributed by atoms with Gasteiger partial charge in [0.15, 0.2) is 0 Å². The fraction of sp³-hybridized carbons (Fsp3) is 0.923. The van der Waals surface area contributed by atoms with Crippen LogP contribution < -0.4 is 5.32 Å². The first-order chi connectivity index (χ1) is 7.11. The van der Waals surface area contributed by atoms with Crippen LogP contribution in [0.3, 0.4) is 0 Å². The number of carbonyl (C=O) groups excluding carboxylic acids is 1. The number of hydrogen-bond acceptors (Lipinski definition) is 1. The van der Waals surface area contributed by atoms with Crippen LogP contribution in [0.15, 0.2) is 0 Å². The SMILES string of the molecule is CCCCC(CC)C(=O)NCCC(C)C. The summed E-state index contributed by atoms with van der Waals surface area (Å²) >= 11 is 0. The summed E-state index contributed by atoms with van der Waals surface area (Å²) in [6.45, 7) is 9.46. The van der Waals surface area contributed by atoms with Crippen LogP contribution in [0.4, 0.5) is 0 Å². The Balaban J connectivity index is 3.73. The van der Waals surface area contributed by atoms with E-state index in [4.69, 9.17) is 0 Å². The highest BCUT2D eigenvalue weighted by Gasteiger charge is 2.14. The molecular formula is C13H27NO. The van der Waals surface area contributed by atoms with Crippen molar-refractivity contribution < 1.29 is 4.79 Å². The number of nitrogens with one attached hydrogen (secondary N) is 1. The van der Waals surface area contributed by atoms with Gasteiger partial charge in [-0.3, -0.25) is 4.79 Å². The molecule has 0 heterocycles. The van der Waals surface area contributed by atoms with Crippen LogP contribution in [-0.4, -0.2) is 12.5 Å². The summed E-state index contributed by atoms with van der Waals surface area (Å²) < 4.78 is 0. The van der Waals surface area contributed by atoms with Crippen LogP contribution in [-0.2, 0) is 4.79 Å². The summed E-state index contributed by atoms with van der Waals surface area (Å²) in [6.07, 6.45) is 5.43. The highest BCUT2D eigenvalue weighted by Crippen LogP contribution is 2.12. The molecular weight excluding hydrogens is 186 g/mol. The van der Waals surface area contributed by atoms with Crippen molar-refractivity contribution in [1.82, 2.24) is 5.32 Å². The third kappa shape index (κ3) is 7.40. The third-order valence-corrected chi connectivity index (χ3v) is 2.79. The number of unbranched alkanes of at least 4 members (excludes halogenated alkanes) is 1. The Hall–Kier alpha value is -0.530. The molecule has 2 heteroatoms. The minimum atomic E-state index is 0.233. The molecule has 0 aliphatic carbocycles. The van der Waals surface area contributed by atoms with Crippen LogP contribution in [0.1, 0.15) is 59.8 Å². The molecule has 0 saturated carbocycles. The van der Waals surface area contributed by atoms with Crippen molar-refractivity contribution in [1.29, 1.82) is 0 Å². The Labute approximate surface area is 94.8 Å². The van der Waals surface area contributed by atoms with E-state index in [9.17, 15) is 4.79 Å². The Morgan fingerprint density at radius 2 is 1.87 bits per heavy atom. The average Bonchev–Trinajstić information content (AvgIpc) is 2.18. The van der Waals surface area contributed by atoms with Crippen molar-refractivity contribution in [3.8, 4) is 0 Å². The molecule has 90 valence electrons. The van der Waals surface area contributed by atoms with Gasteiger partial charge in [-0.25, -0.2) is 0 Å². The fourth-order valence-electron chi connectivity index (χ4n) is 1.60. The maximum absolute atomic E-state index is 11.8. The summed E-state index contributed by atoms with van der Waals surface area (Å²) in [5.74, 6) is 1.16.